The average Bonchev–Trinajstić information content (AvgIpc) is 2.79. The molecule has 3 N–H and O–H groups in total. The molecule has 2 aromatic carbocycles. The van der Waals surface area contributed by atoms with Crippen molar-refractivity contribution >= 4 is 23.1 Å². The van der Waals surface area contributed by atoms with Crippen molar-refractivity contribution < 1.29 is 4.74 Å². The van der Waals surface area contributed by atoms with Gasteiger partial charge in [0.15, 0.2) is 0 Å². The lowest BCUT2D eigenvalue weighted by Gasteiger charge is -2.10. The third kappa shape index (κ3) is 5.21. The minimum atomic E-state index is -0.524. The second-order valence-electron chi connectivity index (χ2n) is 7.12. The topological polar surface area (TPSA) is 120 Å². The molecule has 0 fully saturated rings. The van der Waals surface area contributed by atoms with Crippen LogP contribution < -0.4 is 27.5 Å². The van der Waals surface area contributed by atoms with Crippen LogP contribution in [0.5, 0.6) is 11.5 Å². The molecule has 0 unspecified atom stereocenters. The van der Waals surface area contributed by atoms with E-state index in [4.69, 9.17) is 22.1 Å². The monoisotopic (exact) mass is 464 g/mol. The van der Waals surface area contributed by atoms with E-state index in [2.05, 4.69) is 15.0 Å². The summed E-state index contributed by atoms with van der Waals surface area (Å²) in [5.41, 5.74) is 6.21. The quantitative estimate of drug-likeness (QED) is 0.454. The number of benzene rings is 2. The molecule has 0 aliphatic heterocycles. The zero-order valence-electron chi connectivity index (χ0n) is 17.7. The first-order valence-electron chi connectivity index (χ1n) is 10.2. The summed E-state index contributed by atoms with van der Waals surface area (Å²) in [6.45, 7) is 2.19. The summed E-state index contributed by atoms with van der Waals surface area (Å²) in [6.07, 6.45) is 1.56. The Morgan fingerprint density at radius 3 is 2.42 bits per heavy atom. The smallest absolute Gasteiger partial charge is 0.335 e. The highest BCUT2D eigenvalue weighted by molar-refractivity contribution is 6.30. The van der Waals surface area contributed by atoms with E-state index < -0.39 is 11.4 Å². The van der Waals surface area contributed by atoms with Crippen LogP contribution >= 0.6 is 11.6 Å². The van der Waals surface area contributed by atoms with Gasteiger partial charge in [0.2, 0.25) is 5.62 Å². The fourth-order valence-electron chi connectivity index (χ4n) is 3.17. The third-order valence-corrected chi connectivity index (χ3v) is 5.06. The zero-order chi connectivity index (χ0) is 23.4. The first-order valence-corrected chi connectivity index (χ1v) is 10.5. The number of ether oxygens (including phenoxy) is 1. The van der Waals surface area contributed by atoms with Gasteiger partial charge in [0.05, 0.1) is 12.2 Å². The lowest BCUT2D eigenvalue weighted by atomic mass is 10.2. The van der Waals surface area contributed by atoms with Gasteiger partial charge in [0.1, 0.15) is 17.3 Å². The fraction of sp³-hybridized carbons (Fsp3) is 0.130. The van der Waals surface area contributed by atoms with Crippen LogP contribution in [0, 0.1) is 0 Å². The van der Waals surface area contributed by atoms with E-state index in [0.717, 1.165) is 10.1 Å². The van der Waals surface area contributed by atoms with Gasteiger partial charge in [-0.1, -0.05) is 23.7 Å². The first-order chi connectivity index (χ1) is 15.9. The Hall–Kier alpha value is -4.11. The molecule has 4 rings (SSSR count). The normalized spacial score (nSPS) is 11.5. The highest BCUT2D eigenvalue weighted by Crippen LogP contribution is 2.24. The first kappa shape index (κ1) is 22.1. The van der Waals surface area contributed by atoms with Crippen LogP contribution in [-0.2, 0) is 13.1 Å². The predicted octanol–water partition coefficient (Wildman–Crippen LogP) is 3.06. The van der Waals surface area contributed by atoms with Crippen LogP contribution in [0.3, 0.4) is 0 Å². The Kier molecular flexibility index (Phi) is 6.41. The maximum atomic E-state index is 13.0. The van der Waals surface area contributed by atoms with Gasteiger partial charge in [-0.25, -0.2) is 24.1 Å². The number of anilines is 1. The van der Waals surface area contributed by atoms with Crippen LogP contribution in [0.15, 0.2) is 81.4 Å². The fourth-order valence-corrected chi connectivity index (χ4v) is 3.30. The number of nitrogens with zero attached hydrogens (tertiary/aromatic N) is 4. The summed E-state index contributed by atoms with van der Waals surface area (Å²) in [4.78, 5) is 36.5. The van der Waals surface area contributed by atoms with Crippen molar-refractivity contribution in [1.82, 2.24) is 19.1 Å². The third-order valence-electron chi connectivity index (χ3n) is 4.81. The molecule has 4 aromatic rings. The van der Waals surface area contributed by atoms with Gasteiger partial charge in [0.25, 0.3) is 0 Å². The Morgan fingerprint density at radius 2 is 1.76 bits per heavy atom. The van der Waals surface area contributed by atoms with Crippen molar-refractivity contribution in [2.75, 3.05) is 5.73 Å². The lowest BCUT2D eigenvalue weighted by Crippen LogP contribution is -2.49. The number of H-pyrrole nitrogens is 1. The number of halogens is 1. The van der Waals surface area contributed by atoms with E-state index in [0.29, 0.717) is 28.0 Å². The second kappa shape index (κ2) is 9.58. The summed E-state index contributed by atoms with van der Waals surface area (Å²) in [5, 5.41) is 0.595. The molecule has 0 amide bonds. The number of hydrogen-bond acceptors (Lipinski definition) is 6. The molecule has 2 aromatic heterocycles. The van der Waals surface area contributed by atoms with Crippen LogP contribution in [0.25, 0.3) is 0 Å². The number of aromatic amines is 1. The molecule has 0 atom stereocenters. The average molecular weight is 465 g/mol. The number of nitrogens with one attached hydrogen (secondary N) is 1. The molecule has 0 aliphatic rings. The number of nitrogen functional groups attached to an aromatic ring is 1. The maximum absolute atomic E-state index is 13.0. The number of nitrogens with two attached hydrogens (primary N) is 1. The molecular weight excluding hydrogens is 444 g/mol. The van der Waals surface area contributed by atoms with Crippen molar-refractivity contribution in [1.29, 1.82) is 0 Å². The standard InChI is InChI=1S/C23H21ClN6O3/c1-2-29-22(31)28-21(30(23(29)32)14-15-3-5-16(24)6-4-15)27-17-7-9-18(10-8-17)33-19-11-12-26-20(25)13-19/h3-13H,2,14H2,1H3,(H2,25,26)(H,27,28,31). The minimum Gasteiger partial charge on any atom is -0.457 e. The summed E-state index contributed by atoms with van der Waals surface area (Å²) in [6, 6.07) is 17.3. The predicted molar refractivity (Wildman–Crippen MR) is 126 cm³/mol. The number of pyridine rings is 1. The van der Waals surface area contributed by atoms with Gasteiger partial charge in [-0.05, 0) is 55.0 Å². The molecule has 0 spiro atoms. The maximum Gasteiger partial charge on any atom is 0.335 e. The van der Waals surface area contributed by atoms with Gasteiger partial charge in [0, 0.05) is 23.8 Å². The van der Waals surface area contributed by atoms with Gasteiger partial charge >= 0.3 is 11.4 Å². The molecule has 0 bridgehead atoms. The summed E-state index contributed by atoms with van der Waals surface area (Å²) >= 11 is 5.97. The van der Waals surface area contributed by atoms with Crippen molar-refractivity contribution in [3.05, 3.63) is 104 Å². The highest BCUT2D eigenvalue weighted by atomic mass is 35.5. The summed E-state index contributed by atoms with van der Waals surface area (Å²) < 4.78 is 8.29. The number of hydrogen-bond donors (Lipinski definition) is 2. The summed E-state index contributed by atoms with van der Waals surface area (Å²) in [5.74, 6) is 1.49. The molecule has 0 radical (unpaired) electrons. The van der Waals surface area contributed by atoms with E-state index >= 15 is 0 Å². The van der Waals surface area contributed by atoms with E-state index in [9.17, 15) is 9.59 Å². The minimum absolute atomic E-state index is 0.139. The molecule has 33 heavy (non-hydrogen) atoms. The second-order valence-corrected chi connectivity index (χ2v) is 7.55. The lowest BCUT2D eigenvalue weighted by molar-refractivity contribution is 0.482. The van der Waals surface area contributed by atoms with E-state index in [1.807, 2.05) is 12.1 Å². The van der Waals surface area contributed by atoms with E-state index in [-0.39, 0.29) is 18.7 Å². The van der Waals surface area contributed by atoms with E-state index in [1.54, 1.807) is 61.7 Å². The molecule has 9 nitrogen and oxygen atoms in total. The SMILES string of the molecule is CCn1c(=O)[nH]/c(=N\c2ccc(Oc3ccnc(N)c3)cc2)n(Cc2ccc(Cl)cc2)c1=O. The highest BCUT2D eigenvalue weighted by Gasteiger charge is 2.09. The Labute approximate surface area is 193 Å². The van der Waals surface area contributed by atoms with Crippen molar-refractivity contribution in [3.63, 3.8) is 0 Å². The van der Waals surface area contributed by atoms with Gasteiger partial charge < -0.3 is 10.5 Å². The molecule has 0 aliphatic carbocycles. The Balaban J connectivity index is 1.71. The largest absolute Gasteiger partial charge is 0.457 e. The molecule has 0 saturated heterocycles. The van der Waals surface area contributed by atoms with E-state index in [1.165, 1.54) is 4.57 Å². The van der Waals surface area contributed by atoms with Crippen LogP contribution in [-0.4, -0.2) is 19.1 Å². The van der Waals surface area contributed by atoms with Gasteiger partial charge in [-0.2, -0.15) is 0 Å². The van der Waals surface area contributed by atoms with Crippen molar-refractivity contribution in [2.45, 2.75) is 20.0 Å². The van der Waals surface area contributed by atoms with Gasteiger partial charge in [-0.15, -0.1) is 0 Å². The summed E-state index contributed by atoms with van der Waals surface area (Å²) in [7, 11) is 0. The van der Waals surface area contributed by atoms with Crippen molar-refractivity contribution in [3.8, 4) is 11.5 Å². The van der Waals surface area contributed by atoms with Crippen LogP contribution in [0.1, 0.15) is 12.5 Å². The van der Waals surface area contributed by atoms with Crippen LogP contribution in [0.4, 0.5) is 11.5 Å². The molecule has 2 heterocycles. The molecule has 10 heteroatoms. The van der Waals surface area contributed by atoms with Gasteiger partial charge in [-0.3, -0.25) is 9.55 Å². The number of rotatable bonds is 6. The molecule has 0 saturated carbocycles. The number of aromatic nitrogens is 4. The van der Waals surface area contributed by atoms with Crippen molar-refractivity contribution in [2.24, 2.45) is 4.99 Å². The Morgan fingerprint density at radius 1 is 1.03 bits per heavy atom. The molecule has 168 valence electrons. The molecular formula is C23H21ClN6O3. The van der Waals surface area contributed by atoms with Crippen LogP contribution in [0.2, 0.25) is 5.02 Å². The Bertz CT molecular complexity index is 1450. The zero-order valence-corrected chi connectivity index (χ0v) is 18.5.